The zero-order valence-electron chi connectivity index (χ0n) is 14.1. The third-order valence-electron chi connectivity index (χ3n) is 4.41. The van der Waals surface area contributed by atoms with E-state index in [4.69, 9.17) is 4.74 Å². The summed E-state index contributed by atoms with van der Waals surface area (Å²) in [5, 5.41) is 8.42. The van der Waals surface area contributed by atoms with Crippen molar-refractivity contribution in [1.82, 2.24) is 9.78 Å². The number of nitrogens with one attached hydrogen (secondary N) is 1. The fraction of sp³-hybridized carbons (Fsp3) is 0.556. The molecule has 1 aliphatic rings. The average Bonchev–Trinajstić information content (AvgIpc) is 2.83. The summed E-state index contributed by atoms with van der Waals surface area (Å²) in [6.07, 6.45) is 5.64. The number of benzene rings is 1. The van der Waals surface area contributed by atoms with Crippen molar-refractivity contribution in [3.8, 4) is 5.88 Å². The van der Waals surface area contributed by atoms with Gasteiger partial charge in [0.1, 0.15) is 0 Å². The number of hydrogen-bond donors (Lipinski definition) is 1. The minimum atomic E-state index is 0.0635. The molecule has 0 radical (unpaired) electrons. The molecule has 5 heteroatoms. The van der Waals surface area contributed by atoms with E-state index in [1.54, 1.807) is 4.68 Å². The van der Waals surface area contributed by atoms with Crippen molar-refractivity contribution < 1.29 is 9.53 Å². The zero-order chi connectivity index (χ0) is 16.4. The maximum Gasteiger partial charge on any atom is 0.241 e. The highest BCUT2D eigenvalue weighted by atomic mass is 16.5. The van der Waals surface area contributed by atoms with E-state index in [9.17, 15) is 4.79 Å². The van der Waals surface area contributed by atoms with Gasteiger partial charge in [0.2, 0.25) is 11.8 Å². The second-order valence-corrected chi connectivity index (χ2v) is 6.65. The molecule has 1 heterocycles. The number of amides is 1. The lowest BCUT2D eigenvalue weighted by atomic mass is 9.88. The fourth-order valence-corrected chi connectivity index (χ4v) is 3.23. The van der Waals surface area contributed by atoms with Crippen LogP contribution in [0.15, 0.2) is 18.2 Å². The lowest BCUT2D eigenvalue weighted by molar-refractivity contribution is -0.120. The van der Waals surface area contributed by atoms with E-state index in [0.717, 1.165) is 42.3 Å². The van der Waals surface area contributed by atoms with E-state index < -0.39 is 0 Å². The van der Waals surface area contributed by atoms with Gasteiger partial charge in [0.05, 0.1) is 17.0 Å². The number of fused-ring (bicyclic) bond motifs is 1. The molecule has 2 aromatic rings. The SMILES string of the molecule is CC(C)Oc1nn(C)c2ccc(NC(=O)C3CCCCC3)cc12. The highest BCUT2D eigenvalue weighted by molar-refractivity contribution is 5.96. The van der Waals surface area contributed by atoms with Crippen molar-refractivity contribution in [2.24, 2.45) is 13.0 Å². The van der Waals surface area contributed by atoms with E-state index in [1.807, 2.05) is 39.1 Å². The summed E-state index contributed by atoms with van der Waals surface area (Å²) in [4.78, 5) is 12.4. The first-order chi connectivity index (χ1) is 11.0. The van der Waals surface area contributed by atoms with Gasteiger partial charge in [-0.2, -0.15) is 0 Å². The van der Waals surface area contributed by atoms with Gasteiger partial charge in [-0.3, -0.25) is 9.48 Å². The number of carbonyl (C=O) groups is 1. The molecule has 1 aromatic heterocycles. The molecule has 5 nitrogen and oxygen atoms in total. The Balaban J connectivity index is 1.82. The third kappa shape index (κ3) is 3.49. The molecule has 1 saturated carbocycles. The summed E-state index contributed by atoms with van der Waals surface area (Å²) in [5.41, 5.74) is 1.81. The van der Waals surface area contributed by atoms with Crippen molar-refractivity contribution >= 4 is 22.5 Å². The molecule has 3 rings (SSSR count). The first kappa shape index (κ1) is 15.8. The number of hydrogen-bond acceptors (Lipinski definition) is 3. The van der Waals surface area contributed by atoms with Gasteiger partial charge < -0.3 is 10.1 Å². The predicted octanol–water partition coefficient (Wildman–Crippen LogP) is 3.88. The van der Waals surface area contributed by atoms with Gasteiger partial charge in [-0.05, 0) is 44.9 Å². The van der Waals surface area contributed by atoms with Crippen LogP contribution in [0.5, 0.6) is 5.88 Å². The normalized spacial score (nSPS) is 16.0. The molecule has 1 aliphatic carbocycles. The first-order valence-corrected chi connectivity index (χ1v) is 8.49. The standard InChI is InChI=1S/C18H25N3O2/c1-12(2)23-18-15-11-14(9-10-16(15)21(3)20-18)19-17(22)13-7-5-4-6-8-13/h9-13H,4-8H2,1-3H3,(H,19,22). The molecule has 0 saturated heterocycles. The number of ether oxygens (including phenoxy) is 1. The van der Waals surface area contributed by atoms with Crippen LogP contribution in [0.3, 0.4) is 0 Å². The topological polar surface area (TPSA) is 56.1 Å². The Bertz CT molecular complexity index is 700. The molecule has 1 fully saturated rings. The van der Waals surface area contributed by atoms with Gasteiger partial charge >= 0.3 is 0 Å². The summed E-state index contributed by atoms with van der Waals surface area (Å²) < 4.78 is 7.59. The van der Waals surface area contributed by atoms with Crippen LogP contribution in [0.1, 0.15) is 46.0 Å². The molecule has 1 N–H and O–H groups in total. The van der Waals surface area contributed by atoms with Crippen LogP contribution < -0.4 is 10.1 Å². The Kier molecular flexibility index (Phi) is 4.55. The van der Waals surface area contributed by atoms with E-state index in [1.165, 1.54) is 6.42 Å². The summed E-state index contributed by atoms with van der Waals surface area (Å²) >= 11 is 0. The zero-order valence-corrected chi connectivity index (χ0v) is 14.1. The summed E-state index contributed by atoms with van der Waals surface area (Å²) in [6.45, 7) is 3.96. The van der Waals surface area contributed by atoms with Gasteiger partial charge in [-0.1, -0.05) is 19.3 Å². The van der Waals surface area contributed by atoms with Gasteiger partial charge in [0.15, 0.2) is 0 Å². The lowest BCUT2D eigenvalue weighted by Crippen LogP contribution is -2.24. The summed E-state index contributed by atoms with van der Waals surface area (Å²) in [7, 11) is 1.90. The Morgan fingerprint density at radius 1 is 1.30 bits per heavy atom. The minimum Gasteiger partial charge on any atom is -0.473 e. The van der Waals surface area contributed by atoms with Crippen molar-refractivity contribution in [1.29, 1.82) is 0 Å². The van der Waals surface area contributed by atoms with Gasteiger partial charge in [-0.15, -0.1) is 5.10 Å². The van der Waals surface area contributed by atoms with Crippen molar-refractivity contribution in [3.63, 3.8) is 0 Å². The first-order valence-electron chi connectivity index (χ1n) is 8.49. The van der Waals surface area contributed by atoms with E-state index in [-0.39, 0.29) is 17.9 Å². The van der Waals surface area contributed by atoms with Gasteiger partial charge in [0, 0.05) is 18.7 Å². The second kappa shape index (κ2) is 6.60. The van der Waals surface area contributed by atoms with Crippen LogP contribution in [0.4, 0.5) is 5.69 Å². The Morgan fingerprint density at radius 2 is 2.04 bits per heavy atom. The van der Waals surface area contributed by atoms with Crippen molar-refractivity contribution in [3.05, 3.63) is 18.2 Å². The molecule has 1 aromatic carbocycles. The van der Waals surface area contributed by atoms with Crippen LogP contribution in [-0.4, -0.2) is 21.8 Å². The van der Waals surface area contributed by atoms with E-state index in [0.29, 0.717) is 5.88 Å². The molecule has 0 spiro atoms. The number of carbonyl (C=O) groups excluding carboxylic acids is 1. The largest absolute Gasteiger partial charge is 0.473 e. The molecule has 0 aliphatic heterocycles. The highest BCUT2D eigenvalue weighted by Crippen LogP contribution is 2.29. The molecular formula is C18H25N3O2. The van der Waals surface area contributed by atoms with Crippen LogP contribution in [0, 0.1) is 5.92 Å². The number of nitrogens with zero attached hydrogens (tertiary/aromatic N) is 2. The third-order valence-corrected chi connectivity index (χ3v) is 4.41. The highest BCUT2D eigenvalue weighted by Gasteiger charge is 2.21. The Morgan fingerprint density at radius 3 is 2.74 bits per heavy atom. The number of aryl methyl sites for hydroxylation is 1. The summed E-state index contributed by atoms with van der Waals surface area (Å²) in [6, 6.07) is 5.87. The molecule has 124 valence electrons. The smallest absolute Gasteiger partial charge is 0.241 e. The van der Waals surface area contributed by atoms with Crippen molar-refractivity contribution in [2.45, 2.75) is 52.1 Å². The van der Waals surface area contributed by atoms with Gasteiger partial charge in [-0.25, -0.2) is 0 Å². The number of aromatic nitrogens is 2. The molecule has 23 heavy (non-hydrogen) atoms. The maximum atomic E-state index is 12.4. The Labute approximate surface area is 137 Å². The quantitative estimate of drug-likeness (QED) is 0.931. The monoisotopic (exact) mass is 315 g/mol. The molecular weight excluding hydrogens is 290 g/mol. The van der Waals surface area contributed by atoms with Crippen LogP contribution in [0.2, 0.25) is 0 Å². The molecule has 0 unspecified atom stereocenters. The fourth-order valence-electron chi connectivity index (χ4n) is 3.23. The molecule has 0 atom stereocenters. The van der Waals surface area contributed by atoms with Crippen LogP contribution in [-0.2, 0) is 11.8 Å². The minimum absolute atomic E-state index is 0.0635. The average molecular weight is 315 g/mol. The number of anilines is 1. The van der Waals surface area contributed by atoms with Crippen molar-refractivity contribution in [2.75, 3.05) is 5.32 Å². The second-order valence-electron chi connectivity index (χ2n) is 6.65. The van der Waals surface area contributed by atoms with Crippen LogP contribution >= 0.6 is 0 Å². The van der Waals surface area contributed by atoms with Gasteiger partial charge in [0.25, 0.3) is 0 Å². The summed E-state index contributed by atoms with van der Waals surface area (Å²) in [5.74, 6) is 0.908. The van der Waals surface area contributed by atoms with E-state index >= 15 is 0 Å². The van der Waals surface area contributed by atoms with E-state index in [2.05, 4.69) is 10.4 Å². The Hall–Kier alpha value is -2.04. The predicted molar refractivity (Wildman–Crippen MR) is 91.7 cm³/mol. The molecule has 1 amide bonds. The number of rotatable bonds is 4. The lowest BCUT2D eigenvalue weighted by Gasteiger charge is -2.20. The molecule has 0 bridgehead atoms. The maximum absolute atomic E-state index is 12.4. The van der Waals surface area contributed by atoms with Crippen LogP contribution in [0.25, 0.3) is 10.9 Å².